The smallest absolute Gasteiger partial charge is 0.246 e. The molecule has 3 amide bonds. The zero-order valence-corrected chi connectivity index (χ0v) is 14.2. The van der Waals surface area contributed by atoms with Gasteiger partial charge in [-0.25, -0.2) is 0 Å². The van der Waals surface area contributed by atoms with E-state index in [0.717, 1.165) is 17.7 Å². The number of hydrogen-bond acceptors (Lipinski definition) is 3. The normalized spacial score (nSPS) is 21.3. The Morgan fingerprint density at radius 2 is 1.79 bits per heavy atom. The SMILES string of the molecule is CC(=O)N1CCC[C@H]1C(=O)N1CCN(c2ccc(C)cc2)C(=O)C1. The molecule has 3 rings (SSSR count). The van der Waals surface area contributed by atoms with Gasteiger partial charge in [0.1, 0.15) is 12.6 Å². The van der Waals surface area contributed by atoms with Crippen LogP contribution in [-0.2, 0) is 14.4 Å². The van der Waals surface area contributed by atoms with E-state index in [1.165, 1.54) is 6.92 Å². The van der Waals surface area contributed by atoms with E-state index in [4.69, 9.17) is 0 Å². The summed E-state index contributed by atoms with van der Waals surface area (Å²) in [4.78, 5) is 41.8. The summed E-state index contributed by atoms with van der Waals surface area (Å²) < 4.78 is 0. The maximum absolute atomic E-state index is 12.7. The van der Waals surface area contributed by atoms with Crippen LogP contribution in [0.5, 0.6) is 0 Å². The minimum Gasteiger partial charge on any atom is -0.331 e. The van der Waals surface area contributed by atoms with Gasteiger partial charge in [0.15, 0.2) is 0 Å². The van der Waals surface area contributed by atoms with Crippen LogP contribution in [0.15, 0.2) is 24.3 Å². The van der Waals surface area contributed by atoms with Crippen LogP contribution in [0.1, 0.15) is 25.3 Å². The van der Waals surface area contributed by atoms with E-state index in [-0.39, 0.29) is 24.3 Å². The van der Waals surface area contributed by atoms with E-state index in [1.807, 2.05) is 31.2 Å². The highest BCUT2D eigenvalue weighted by atomic mass is 16.2. The molecule has 128 valence electrons. The molecular weight excluding hydrogens is 306 g/mol. The molecule has 2 fully saturated rings. The largest absolute Gasteiger partial charge is 0.331 e. The molecule has 0 saturated carbocycles. The van der Waals surface area contributed by atoms with Gasteiger partial charge in [-0.15, -0.1) is 0 Å². The first-order chi connectivity index (χ1) is 11.5. The van der Waals surface area contributed by atoms with Crippen molar-refractivity contribution < 1.29 is 14.4 Å². The monoisotopic (exact) mass is 329 g/mol. The predicted molar refractivity (Wildman–Crippen MR) is 90.5 cm³/mol. The molecule has 2 heterocycles. The van der Waals surface area contributed by atoms with E-state index >= 15 is 0 Å². The Morgan fingerprint density at radius 3 is 2.42 bits per heavy atom. The third-order valence-corrected chi connectivity index (χ3v) is 4.82. The molecular formula is C18H23N3O3. The molecule has 6 heteroatoms. The molecule has 2 aliphatic rings. The molecule has 0 unspecified atom stereocenters. The minimum atomic E-state index is -0.402. The number of anilines is 1. The van der Waals surface area contributed by atoms with E-state index in [9.17, 15) is 14.4 Å². The Morgan fingerprint density at radius 1 is 1.08 bits per heavy atom. The maximum atomic E-state index is 12.7. The number of carbonyl (C=O) groups is 3. The number of aryl methyl sites for hydroxylation is 1. The molecule has 1 aromatic carbocycles. The summed E-state index contributed by atoms with van der Waals surface area (Å²) in [7, 11) is 0. The quantitative estimate of drug-likeness (QED) is 0.819. The van der Waals surface area contributed by atoms with Gasteiger partial charge in [0, 0.05) is 32.2 Å². The van der Waals surface area contributed by atoms with Gasteiger partial charge in [0.25, 0.3) is 0 Å². The highest BCUT2D eigenvalue weighted by molar-refractivity contribution is 5.99. The number of amides is 3. The van der Waals surface area contributed by atoms with E-state index < -0.39 is 6.04 Å². The molecule has 0 bridgehead atoms. The molecule has 2 aliphatic heterocycles. The summed E-state index contributed by atoms with van der Waals surface area (Å²) >= 11 is 0. The van der Waals surface area contributed by atoms with E-state index in [2.05, 4.69) is 0 Å². The van der Waals surface area contributed by atoms with Gasteiger partial charge in [-0.1, -0.05) is 17.7 Å². The molecule has 0 radical (unpaired) electrons. The van der Waals surface area contributed by atoms with E-state index in [0.29, 0.717) is 26.1 Å². The van der Waals surface area contributed by atoms with Gasteiger partial charge < -0.3 is 14.7 Å². The van der Waals surface area contributed by atoms with Gasteiger partial charge in [0.05, 0.1) is 0 Å². The Labute approximate surface area is 142 Å². The van der Waals surface area contributed by atoms with Crippen molar-refractivity contribution in [2.45, 2.75) is 32.7 Å². The zero-order chi connectivity index (χ0) is 17.3. The summed E-state index contributed by atoms with van der Waals surface area (Å²) in [5, 5.41) is 0. The zero-order valence-electron chi connectivity index (χ0n) is 14.2. The highest BCUT2D eigenvalue weighted by Gasteiger charge is 2.37. The van der Waals surface area contributed by atoms with Crippen LogP contribution in [0, 0.1) is 6.92 Å². The van der Waals surface area contributed by atoms with Crippen LogP contribution < -0.4 is 4.90 Å². The average molecular weight is 329 g/mol. The van der Waals surface area contributed by atoms with Crippen molar-refractivity contribution in [1.82, 2.24) is 9.80 Å². The molecule has 1 aromatic rings. The van der Waals surface area contributed by atoms with Gasteiger partial charge >= 0.3 is 0 Å². The molecule has 0 aromatic heterocycles. The van der Waals surface area contributed by atoms with Gasteiger partial charge in [-0.05, 0) is 31.9 Å². The number of nitrogens with zero attached hydrogens (tertiary/aromatic N) is 3. The maximum Gasteiger partial charge on any atom is 0.246 e. The molecule has 6 nitrogen and oxygen atoms in total. The van der Waals surface area contributed by atoms with Crippen molar-refractivity contribution in [3.8, 4) is 0 Å². The number of likely N-dealkylation sites (tertiary alicyclic amines) is 1. The first-order valence-electron chi connectivity index (χ1n) is 8.40. The van der Waals surface area contributed by atoms with Crippen molar-refractivity contribution in [2.24, 2.45) is 0 Å². The standard InChI is InChI=1S/C18H23N3O3/c1-13-5-7-15(8-6-13)21-11-10-19(12-17(21)23)18(24)16-4-3-9-20(16)14(2)22/h5-8,16H,3-4,9-12H2,1-2H3/t16-/m0/s1. The molecule has 24 heavy (non-hydrogen) atoms. The number of carbonyl (C=O) groups excluding carboxylic acids is 3. The topological polar surface area (TPSA) is 60.9 Å². The lowest BCUT2D eigenvalue weighted by atomic mass is 10.1. The molecule has 0 aliphatic carbocycles. The van der Waals surface area contributed by atoms with Crippen molar-refractivity contribution in [2.75, 3.05) is 31.1 Å². The number of rotatable bonds is 2. The van der Waals surface area contributed by atoms with Gasteiger partial charge in [-0.2, -0.15) is 0 Å². The van der Waals surface area contributed by atoms with Crippen LogP contribution >= 0.6 is 0 Å². The number of benzene rings is 1. The second kappa shape index (κ2) is 6.63. The van der Waals surface area contributed by atoms with E-state index in [1.54, 1.807) is 14.7 Å². The Bertz CT molecular complexity index is 656. The number of hydrogen-bond donors (Lipinski definition) is 0. The lowest BCUT2D eigenvalue weighted by Gasteiger charge is -2.36. The van der Waals surface area contributed by atoms with Crippen molar-refractivity contribution in [3.05, 3.63) is 29.8 Å². The van der Waals surface area contributed by atoms with Crippen molar-refractivity contribution in [1.29, 1.82) is 0 Å². The third-order valence-electron chi connectivity index (χ3n) is 4.82. The van der Waals surface area contributed by atoms with Crippen LogP contribution in [0.25, 0.3) is 0 Å². The first kappa shape index (κ1) is 16.5. The fourth-order valence-electron chi connectivity index (χ4n) is 3.47. The summed E-state index contributed by atoms with van der Waals surface area (Å²) in [6.45, 7) is 5.19. The van der Waals surface area contributed by atoms with Gasteiger partial charge in [0.2, 0.25) is 17.7 Å². The predicted octanol–water partition coefficient (Wildman–Crippen LogP) is 1.18. The molecule has 0 spiro atoms. The average Bonchev–Trinajstić information content (AvgIpc) is 3.05. The molecule has 0 N–H and O–H groups in total. The summed E-state index contributed by atoms with van der Waals surface area (Å²) in [6, 6.07) is 7.41. The number of piperazine rings is 1. The Hall–Kier alpha value is -2.37. The van der Waals surface area contributed by atoms with Crippen LogP contribution in [-0.4, -0.2) is 59.7 Å². The lowest BCUT2D eigenvalue weighted by molar-refractivity contribution is -0.145. The van der Waals surface area contributed by atoms with Crippen molar-refractivity contribution >= 4 is 23.4 Å². The van der Waals surface area contributed by atoms with Crippen LogP contribution in [0.4, 0.5) is 5.69 Å². The van der Waals surface area contributed by atoms with Gasteiger partial charge in [-0.3, -0.25) is 14.4 Å². The summed E-state index contributed by atoms with van der Waals surface area (Å²) in [5.41, 5.74) is 2.01. The van der Waals surface area contributed by atoms with Crippen LogP contribution in [0.3, 0.4) is 0 Å². The lowest BCUT2D eigenvalue weighted by Crippen LogP contribution is -2.56. The third kappa shape index (κ3) is 3.13. The molecule has 1 atom stereocenters. The summed E-state index contributed by atoms with van der Waals surface area (Å²) in [6.07, 6.45) is 1.53. The minimum absolute atomic E-state index is 0.0736. The first-order valence-corrected chi connectivity index (χ1v) is 8.40. The summed E-state index contributed by atoms with van der Waals surface area (Å²) in [5.74, 6) is -0.249. The second-order valence-corrected chi connectivity index (χ2v) is 6.51. The van der Waals surface area contributed by atoms with Crippen LogP contribution in [0.2, 0.25) is 0 Å². The molecule has 2 saturated heterocycles. The fraction of sp³-hybridized carbons (Fsp3) is 0.500. The highest BCUT2D eigenvalue weighted by Crippen LogP contribution is 2.22. The van der Waals surface area contributed by atoms with Crippen molar-refractivity contribution in [3.63, 3.8) is 0 Å². The second-order valence-electron chi connectivity index (χ2n) is 6.51. The Kier molecular flexibility index (Phi) is 4.55. The Balaban J connectivity index is 1.67. The fourth-order valence-corrected chi connectivity index (χ4v) is 3.47.